The van der Waals surface area contributed by atoms with Crippen molar-refractivity contribution in [2.75, 3.05) is 13.2 Å². The lowest BCUT2D eigenvalue weighted by Crippen LogP contribution is -2.34. The van der Waals surface area contributed by atoms with Crippen molar-refractivity contribution in [3.8, 4) is 0 Å². The molecule has 5 nitrogen and oxygen atoms in total. The molecule has 0 saturated carbocycles. The largest absolute Gasteiger partial charge is 0.381 e. The highest BCUT2D eigenvalue weighted by Crippen LogP contribution is 2.18. The molecule has 1 aromatic carbocycles. The Balaban J connectivity index is 1.63. The minimum atomic E-state index is 0.0579. The monoisotopic (exact) mass is 293 g/mol. The first-order valence-electron chi connectivity index (χ1n) is 6.72. The number of nitrogens with zero attached hydrogens (tertiary/aromatic N) is 1. The van der Waals surface area contributed by atoms with Crippen LogP contribution in [0.5, 0.6) is 0 Å². The van der Waals surface area contributed by atoms with E-state index in [-0.39, 0.29) is 11.8 Å². The number of aromatic nitrogens is 2. The van der Waals surface area contributed by atoms with Crippen molar-refractivity contribution in [1.29, 1.82) is 0 Å². The summed E-state index contributed by atoms with van der Waals surface area (Å²) in [5.41, 5.74) is 1.73. The van der Waals surface area contributed by atoms with Crippen LogP contribution in [-0.4, -0.2) is 29.1 Å². The number of halogens is 1. The molecule has 0 radical (unpaired) electrons. The Kier molecular flexibility index (Phi) is 3.89. The quantitative estimate of drug-likeness (QED) is 0.912. The Bertz CT molecular complexity index is 620. The van der Waals surface area contributed by atoms with Crippen LogP contribution >= 0.6 is 11.6 Å². The summed E-state index contributed by atoms with van der Waals surface area (Å²) in [5, 5.41) is 3.59. The Labute approximate surface area is 121 Å². The SMILES string of the molecule is O=C(NCc1nc2ccc(Cl)cc2[nH]1)C1CCOCC1. The van der Waals surface area contributed by atoms with Crippen LogP contribution < -0.4 is 5.32 Å². The van der Waals surface area contributed by atoms with E-state index in [1.807, 2.05) is 12.1 Å². The number of ether oxygens (including phenoxy) is 1. The highest BCUT2D eigenvalue weighted by molar-refractivity contribution is 6.31. The van der Waals surface area contributed by atoms with Gasteiger partial charge in [-0.25, -0.2) is 4.98 Å². The third-order valence-electron chi connectivity index (χ3n) is 3.52. The van der Waals surface area contributed by atoms with Gasteiger partial charge in [-0.1, -0.05) is 11.6 Å². The molecule has 1 aliphatic heterocycles. The molecule has 20 heavy (non-hydrogen) atoms. The van der Waals surface area contributed by atoms with E-state index in [0.29, 0.717) is 24.8 Å². The molecule has 106 valence electrons. The smallest absolute Gasteiger partial charge is 0.223 e. The Morgan fingerprint density at radius 1 is 1.45 bits per heavy atom. The maximum atomic E-state index is 12.0. The number of rotatable bonds is 3. The van der Waals surface area contributed by atoms with Gasteiger partial charge < -0.3 is 15.0 Å². The summed E-state index contributed by atoms with van der Waals surface area (Å²) in [6.45, 7) is 1.74. The molecule has 1 fully saturated rings. The highest BCUT2D eigenvalue weighted by Gasteiger charge is 2.21. The third-order valence-corrected chi connectivity index (χ3v) is 3.75. The first kappa shape index (κ1) is 13.4. The molecule has 1 saturated heterocycles. The molecule has 3 rings (SSSR count). The molecule has 0 bridgehead atoms. The predicted molar refractivity (Wildman–Crippen MR) is 76.5 cm³/mol. The van der Waals surface area contributed by atoms with Gasteiger partial charge in [0.15, 0.2) is 0 Å². The fourth-order valence-electron chi connectivity index (χ4n) is 2.39. The summed E-state index contributed by atoms with van der Waals surface area (Å²) in [4.78, 5) is 19.6. The van der Waals surface area contributed by atoms with Gasteiger partial charge in [-0.15, -0.1) is 0 Å². The lowest BCUT2D eigenvalue weighted by molar-refractivity contribution is -0.128. The van der Waals surface area contributed by atoms with E-state index in [9.17, 15) is 4.79 Å². The second-order valence-electron chi connectivity index (χ2n) is 4.95. The second-order valence-corrected chi connectivity index (χ2v) is 5.39. The average Bonchev–Trinajstić information content (AvgIpc) is 2.87. The normalized spacial score (nSPS) is 16.4. The zero-order valence-electron chi connectivity index (χ0n) is 11.0. The topological polar surface area (TPSA) is 67.0 Å². The molecule has 0 unspecified atom stereocenters. The minimum absolute atomic E-state index is 0.0579. The lowest BCUT2D eigenvalue weighted by atomic mass is 9.99. The summed E-state index contributed by atoms with van der Waals surface area (Å²) < 4.78 is 5.25. The van der Waals surface area contributed by atoms with E-state index in [2.05, 4.69) is 15.3 Å². The summed E-state index contributed by atoms with van der Waals surface area (Å²) in [6, 6.07) is 5.49. The fourth-order valence-corrected chi connectivity index (χ4v) is 2.57. The molecule has 2 heterocycles. The Morgan fingerprint density at radius 3 is 3.05 bits per heavy atom. The number of nitrogens with one attached hydrogen (secondary N) is 2. The van der Waals surface area contributed by atoms with Crippen LogP contribution in [0, 0.1) is 5.92 Å². The molecule has 1 amide bonds. The van der Waals surface area contributed by atoms with Crippen LogP contribution in [0.15, 0.2) is 18.2 Å². The fraction of sp³-hybridized carbons (Fsp3) is 0.429. The third kappa shape index (κ3) is 2.94. The molecule has 0 spiro atoms. The summed E-state index contributed by atoms with van der Waals surface area (Å²) in [5.74, 6) is 0.872. The standard InChI is InChI=1S/C14H16ClN3O2/c15-10-1-2-11-12(7-10)18-13(17-11)8-16-14(19)9-3-5-20-6-4-9/h1-2,7,9H,3-6,8H2,(H,16,19)(H,17,18). The van der Waals surface area contributed by atoms with Crippen LogP contribution in [0.4, 0.5) is 0 Å². The van der Waals surface area contributed by atoms with E-state index in [1.165, 1.54) is 0 Å². The molecule has 0 atom stereocenters. The molecule has 2 aromatic rings. The molecule has 6 heteroatoms. The van der Waals surface area contributed by atoms with E-state index >= 15 is 0 Å². The number of hydrogen-bond donors (Lipinski definition) is 2. The average molecular weight is 294 g/mol. The number of benzene rings is 1. The number of carbonyl (C=O) groups is 1. The first-order valence-corrected chi connectivity index (χ1v) is 7.10. The van der Waals surface area contributed by atoms with Gasteiger partial charge in [-0.3, -0.25) is 4.79 Å². The first-order chi connectivity index (χ1) is 9.72. The summed E-state index contributed by atoms with van der Waals surface area (Å²) in [7, 11) is 0. The maximum Gasteiger partial charge on any atom is 0.223 e. The molecule has 2 N–H and O–H groups in total. The van der Waals surface area contributed by atoms with E-state index in [0.717, 1.165) is 29.7 Å². The van der Waals surface area contributed by atoms with Crippen LogP contribution in [-0.2, 0) is 16.1 Å². The van der Waals surface area contributed by atoms with Gasteiger partial charge in [0.05, 0.1) is 17.6 Å². The van der Waals surface area contributed by atoms with Gasteiger partial charge in [-0.05, 0) is 31.0 Å². The molecule has 1 aliphatic rings. The van der Waals surface area contributed by atoms with E-state index < -0.39 is 0 Å². The Morgan fingerprint density at radius 2 is 2.25 bits per heavy atom. The number of aromatic amines is 1. The van der Waals surface area contributed by atoms with Crippen molar-refractivity contribution in [2.45, 2.75) is 19.4 Å². The number of imidazole rings is 1. The number of carbonyl (C=O) groups excluding carboxylic acids is 1. The van der Waals surface area contributed by atoms with Gasteiger partial charge in [0.2, 0.25) is 5.91 Å². The number of hydrogen-bond acceptors (Lipinski definition) is 3. The molecular formula is C14H16ClN3O2. The molecular weight excluding hydrogens is 278 g/mol. The van der Waals surface area contributed by atoms with Gasteiger partial charge >= 0.3 is 0 Å². The van der Waals surface area contributed by atoms with Crippen molar-refractivity contribution in [3.05, 3.63) is 29.0 Å². The van der Waals surface area contributed by atoms with Crippen LogP contribution in [0.1, 0.15) is 18.7 Å². The van der Waals surface area contributed by atoms with Crippen molar-refractivity contribution >= 4 is 28.5 Å². The lowest BCUT2D eigenvalue weighted by Gasteiger charge is -2.20. The van der Waals surface area contributed by atoms with Crippen LogP contribution in [0.3, 0.4) is 0 Å². The predicted octanol–water partition coefficient (Wildman–Crippen LogP) is 2.26. The van der Waals surface area contributed by atoms with Crippen LogP contribution in [0.2, 0.25) is 5.02 Å². The minimum Gasteiger partial charge on any atom is -0.381 e. The van der Waals surface area contributed by atoms with Gasteiger partial charge in [0.1, 0.15) is 5.82 Å². The van der Waals surface area contributed by atoms with Gasteiger partial charge in [-0.2, -0.15) is 0 Å². The van der Waals surface area contributed by atoms with Crippen molar-refractivity contribution in [2.24, 2.45) is 5.92 Å². The number of H-pyrrole nitrogens is 1. The Hall–Kier alpha value is -1.59. The number of fused-ring (bicyclic) bond motifs is 1. The van der Waals surface area contributed by atoms with Crippen molar-refractivity contribution in [1.82, 2.24) is 15.3 Å². The number of amides is 1. The zero-order chi connectivity index (χ0) is 13.9. The van der Waals surface area contributed by atoms with Crippen LogP contribution in [0.25, 0.3) is 11.0 Å². The van der Waals surface area contributed by atoms with Crippen molar-refractivity contribution < 1.29 is 9.53 Å². The van der Waals surface area contributed by atoms with E-state index in [4.69, 9.17) is 16.3 Å². The highest BCUT2D eigenvalue weighted by atomic mass is 35.5. The zero-order valence-corrected chi connectivity index (χ0v) is 11.7. The summed E-state index contributed by atoms with van der Waals surface area (Å²) >= 11 is 5.93. The van der Waals surface area contributed by atoms with Crippen molar-refractivity contribution in [3.63, 3.8) is 0 Å². The summed E-state index contributed by atoms with van der Waals surface area (Å²) in [6.07, 6.45) is 1.59. The van der Waals surface area contributed by atoms with E-state index in [1.54, 1.807) is 6.07 Å². The van der Waals surface area contributed by atoms with Gasteiger partial charge in [0, 0.05) is 24.2 Å². The maximum absolute atomic E-state index is 12.0. The molecule has 1 aromatic heterocycles. The van der Waals surface area contributed by atoms with Gasteiger partial charge in [0.25, 0.3) is 0 Å². The molecule has 0 aliphatic carbocycles. The second kappa shape index (κ2) is 5.81.